The Kier molecular flexibility index (Phi) is 5.40. The first-order chi connectivity index (χ1) is 9.25. The van der Waals surface area contributed by atoms with Gasteiger partial charge in [-0.05, 0) is 26.8 Å². The number of benzene rings is 1. The highest BCUT2D eigenvalue weighted by molar-refractivity contribution is 5.52. The third-order valence-electron chi connectivity index (χ3n) is 2.67. The second-order valence-electron chi connectivity index (χ2n) is 4.40. The zero-order valence-electron chi connectivity index (χ0n) is 11.5. The monoisotopic (exact) mass is 285 g/mol. The quantitative estimate of drug-likeness (QED) is 0.399. The van der Waals surface area contributed by atoms with Gasteiger partial charge in [-0.3, -0.25) is 15.1 Å². The lowest BCUT2D eigenvalue weighted by Gasteiger charge is -2.41. The second kappa shape index (κ2) is 6.62. The number of aliphatic hydroxyl groups is 3. The average Bonchev–Trinajstić information content (AvgIpc) is 2.34. The summed E-state index contributed by atoms with van der Waals surface area (Å²) in [5, 5.41) is 42.4. The van der Waals surface area contributed by atoms with Crippen molar-refractivity contribution in [3.8, 4) is 0 Å². The summed E-state index contributed by atoms with van der Waals surface area (Å²) < 4.78 is 0. The van der Waals surface area contributed by atoms with Crippen molar-refractivity contribution in [3.05, 3.63) is 34.4 Å². The molecule has 0 aliphatic carbocycles. The molecule has 1 aromatic carbocycles. The number of nitrogens with zero attached hydrogens (tertiary/aromatic N) is 3. The minimum atomic E-state index is -1.10. The molecule has 0 amide bonds. The van der Waals surface area contributed by atoms with Crippen LogP contribution in [0.4, 0.5) is 11.4 Å². The lowest BCUT2D eigenvalue weighted by molar-refractivity contribution is -0.384. The van der Waals surface area contributed by atoms with Crippen LogP contribution in [-0.4, -0.2) is 43.9 Å². The van der Waals surface area contributed by atoms with Crippen LogP contribution in [0.3, 0.4) is 0 Å². The Morgan fingerprint density at radius 3 is 2.05 bits per heavy atom. The number of rotatable bonds is 6. The molecule has 3 N–H and O–H groups in total. The SMILES string of the molecule is CC(O)N(c1cccc([N+](=O)[O-])c1)N(C(C)O)C(C)O. The van der Waals surface area contributed by atoms with Gasteiger partial charge in [0.15, 0.2) is 0 Å². The molecule has 112 valence electrons. The molecule has 3 atom stereocenters. The standard InChI is InChI=1S/C12H19N3O5/c1-8(16)13(9(2)17)14(10(3)18)11-5-4-6-12(7-11)15(19)20/h4-10,16-18H,1-3H3. The number of aliphatic hydroxyl groups excluding tert-OH is 3. The van der Waals surface area contributed by atoms with Gasteiger partial charge in [0.05, 0.1) is 10.6 Å². The molecule has 20 heavy (non-hydrogen) atoms. The summed E-state index contributed by atoms with van der Waals surface area (Å²) in [5.74, 6) is 0. The van der Waals surface area contributed by atoms with E-state index < -0.39 is 23.6 Å². The van der Waals surface area contributed by atoms with Crippen LogP contribution < -0.4 is 5.01 Å². The highest BCUT2D eigenvalue weighted by Gasteiger charge is 2.28. The fourth-order valence-corrected chi connectivity index (χ4v) is 1.96. The predicted octanol–water partition coefficient (Wildman–Crippen LogP) is 0.633. The van der Waals surface area contributed by atoms with E-state index in [1.807, 2.05) is 0 Å². The maximum Gasteiger partial charge on any atom is 0.271 e. The van der Waals surface area contributed by atoms with Crippen LogP contribution in [0.1, 0.15) is 20.8 Å². The van der Waals surface area contributed by atoms with E-state index in [-0.39, 0.29) is 11.4 Å². The predicted molar refractivity (Wildman–Crippen MR) is 72.5 cm³/mol. The summed E-state index contributed by atoms with van der Waals surface area (Å²) in [7, 11) is 0. The third-order valence-corrected chi connectivity index (χ3v) is 2.67. The van der Waals surface area contributed by atoms with Gasteiger partial charge in [-0.15, -0.1) is 0 Å². The normalized spacial score (nSPS) is 15.8. The fourth-order valence-electron chi connectivity index (χ4n) is 1.96. The Balaban J connectivity index is 3.26. The zero-order chi connectivity index (χ0) is 15.4. The first kappa shape index (κ1) is 16.3. The molecule has 0 aliphatic rings. The maximum atomic E-state index is 10.8. The molecule has 0 radical (unpaired) electrons. The topological polar surface area (TPSA) is 110 Å². The van der Waals surface area contributed by atoms with E-state index >= 15 is 0 Å². The molecule has 1 aromatic rings. The summed E-state index contributed by atoms with van der Waals surface area (Å²) in [6.07, 6.45) is -3.28. The number of hydrogen-bond donors (Lipinski definition) is 3. The van der Waals surface area contributed by atoms with Gasteiger partial charge in [0, 0.05) is 12.1 Å². The number of hydrogen-bond acceptors (Lipinski definition) is 7. The van der Waals surface area contributed by atoms with Crippen molar-refractivity contribution in [2.45, 2.75) is 39.5 Å². The molecule has 0 aromatic heterocycles. The molecule has 0 aliphatic heterocycles. The molecule has 0 saturated carbocycles. The van der Waals surface area contributed by atoms with E-state index in [9.17, 15) is 25.4 Å². The summed E-state index contributed by atoms with van der Waals surface area (Å²) in [4.78, 5) is 10.2. The average molecular weight is 285 g/mol. The van der Waals surface area contributed by atoms with Gasteiger partial charge in [0.25, 0.3) is 5.69 Å². The zero-order valence-corrected chi connectivity index (χ0v) is 11.5. The van der Waals surface area contributed by atoms with E-state index in [0.29, 0.717) is 0 Å². The number of hydrazine groups is 1. The number of anilines is 1. The first-order valence-corrected chi connectivity index (χ1v) is 6.11. The molecule has 0 heterocycles. The van der Waals surface area contributed by atoms with E-state index in [2.05, 4.69) is 0 Å². The van der Waals surface area contributed by atoms with E-state index in [4.69, 9.17) is 0 Å². The van der Waals surface area contributed by atoms with Crippen molar-refractivity contribution in [2.75, 3.05) is 5.01 Å². The van der Waals surface area contributed by atoms with Crippen LogP contribution in [0.5, 0.6) is 0 Å². The van der Waals surface area contributed by atoms with Crippen molar-refractivity contribution in [2.24, 2.45) is 0 Å². The number of nitro benzene ring substituents is 1. The summed E-state index contributed by atoms with van der Waals surface area (Å²) in [5.41, 5.74) is 0.139. The van der Waals surface area contributed by atoms with E-state index in [1.54, 1.807) is 0 Å². The first-order valence-electron chi connectivity index (χ1n) is 6.11. The van der Waals surface area contributed by atoms with Crippen LogP contribution in [0.25, 0.3) is 0 Å². The highest BCUT2D eigenvalue weighted by Crippen LogP contribution is 2.25. The van der Waals surface area contributed by atoms with Crippen molar-refractivity contribution in [3.63, 3.8) is 0 Å². The summed E-state index contributed by atoms with van der Waals surface area (Å²) in [6.45, 7) is 4.26. The molecule has 0 saturated heterocycles. The Hall–Kier alpha value is -1.74. The van der Waals surface area contributed by atoms with Crippen LogP contribution in [-0.2, 0) is 0 Å². The molecule has 0 fully saturated rings. The lowest BCUT2D eigenvalue weighted by atomic mass is 10.2. The molecular weight excluding hydrogens is 266 g/mol. The Bertz CT molecular complexity index is 456. The molecule has 8 heteroatoms. The van der Waals surface area contributed by atoms with Crippen LogP contribution in [0.15, 0.2) is 24.3 Å². The largest absolute Gasteiger partial charge is 0.377 e. The molecular formula is C12H19N3O5. The van der Waals surface area contributed by atoms with Gasteiger partial charge in [0.2, 0.25) is 0 Å². The van der Waals surface area contributed by atoms with Gasteiger partial charge < -0.3 is 15.3 Å². The van der Waals surface area contributed by atoms with Crippen molar-refractivity contribution in [1.82, 2.24) is 5.01 Å². The Labute approximate surface area is 116 Å². The Morgan fingerprint density at radius 2 is 1.65 bits per heavy atom. The maximum absolute atomic E-state index is 10.8. The van der Waals surface area contributed by atoms with Crippen LogP contribution in [0.2, 0.25) is 0 Å². The van der Waals surface area contributed by atoms with E-state index in [1.165, 1.54) is 50.0 Å². The van der Waals surface area contributed by atoms with Gasteiger partial charge in [-0.25, -0.2) is 0 Å². The second-order valence-corrected chi connectivity index (χ2v) is 4.40. The fraction of sp³-hybridized carbons (Fsp3) is 0.500. The molecule has 0 spiro atoms. The summed E-state index contributed by atoms with van der Waals surface area (Å²) >= 11 is 0. The minimum absolute atomic E-state index is 0.149. The van der Waals surface area contributed by atoms with Gasteiger partial charge >= 0.3 is 0 Å². The molecule has 0 bridgehead atoms. The van der Waals surface area contributed by atoms with Gasteiger partial charge in [0.1, 0.15) is 18.7 Å². The minimum Gasteiger partial charge on any atom is -0.377 e. The smallest absolute Gasteiger partial charge is 0.271 e. The third kappa shape index (κ3) is 3.64. The van der Waals surface area contributed by atoms with Gasteiger partial charge in [-0.1, -0.05) is 6.07 Å². The van der Waals surface area contributed by atoms with Crippen LogP contribution in [0, 0.1) is 10.1 Å². The van der Waals surface area contributed by atoms with Crippen molar-refractivity contribution in [1.29, 1.82) is 0 Å². The molecule has 3 unspecified atom stereocenters. The van der Waals surface area contributed by atoms with Crippen molar-refractivity contribution >= 4 is 11.4 Å². The highest BCUT2D eigenvalue weighted by atomic mass is 16.6. The lowest BCUT2D eigenvalue weighted by Crippen LogP contribution is -2.56. The van der Waals surface area contributed by atoms with E-state index in [0.717, 1.165) is 5.01 Å². The van der Waals surface area contributed by atoms with Gasteiger partial charge in [-0.2, -0.15) is 5.01 Å². The molecule has 1 rings (SSSR count). The number of nitro groups is 1. The molecule has 8 nitrogen and oxygen atoms in total. The Morgan fingerprint density at radius 1 is 1.10 bits per heavy atom. The van der Waals surface area contributed by atoms with Crippen LogP contribution >= 0.6 is 0 Å². The summed E-state index contributed by atoms with van der Waals surface area (Å²) in [6, 6.07) is 5.58. The number of non-ortho nitro benzene ring substituents is 1. The van der Waals surface area contributed by atoms with Crippen molar-refractivity contribution < 1.29 is 20.2 Å².